The fourth-order valence-corrected chi connectivity index (χ4v) is 3.76. The predicted molar refractivity (Wildman–Crippen MR) is 117 cm³/mol. The summed E-state index contributed by atoms with van der Waals surface area (Å²) in [5.74, 6) is 1.85. The highest BCUT2D eigenvalue weighted by atomic mass is 79.9. The summed E-state index contributed by atoms with van der Waals surface area (Å²) in [5.41, 5.74) is 2.54. The Labute approximate surface area is 175 Å². The van der Waals surface area contributed by atoms with Gasteiger partial charge in [-0.05, 0) is 34.0 Å². The minimum atomic E-state index is 0.635. The van der Waals surface area contributed by atoms with Crippen LogP contribution in [0.2, 0.25) is 0 Å². The van der Waals surface area contributed by atoms with Gasteiger partial charge in [0.1, 0.15) is 5.82 Å². The van der Waals surface area contributed by atoms with Crippen LogP contribution < -0.4 is 5.32 Å². The first-order valence-corrected chi connectivity index (χ1v) is 10.1. The summed E-state index contributed by atoms with van der Waals surface area (Å²) in [6, 6.07) is 12.7. The zero-order chi connectivity index (χ0) is 19.9. The largest absolute Gasteiger partial charge is 0.352 e. The maximum absolute atomic E-state index is 4.51. The van der Waals surface area contributed by atoms with Crippen LogP contribution in [-0.2, 0) is 33.1 Å². The molecule has 0 unspecified atom stereocenters. The highest BCUT2D eigenvalue weighted by Gasteiger charge is 2.11. The molecule has 0 aliphatic heterocycles. The lowest BCUT2D eigenvalue weighted by atomic mass is 10.1. The quantitative estimate of drug-likeness (QED) is 0.450. The molecule has 0 bridgehead atoms. The van der Waals surface area contributed by atoms with Crippen LogP contribution in [0.15, 0.2) is 64.5 Å². The van der Waals surface area contributed by atoms with Crippen LogP contribution in [0.1, 0.15) is 17.1 Å². The van der Waals surface area contributed by atoms with Crippen molar-refractivity contribution in [3.63, 3.8) is 0 Å². The third kappa shape index (κ3) is 5.25. The molecule has 0 saturated carbocycles. The number of nitrogens with zero attached hydrogens (tertiary/aromatic N) is 5. The molecule has 0 saturated heterocycles. The summed E-state index contributed by atoms with van der Waals surface area (Å²) in [5, 5.41) is 3.43. The van der Waals surface area contributed by atoms with Crippen molar-refractivity contribution in [1.82, 2.24) is 24.3 Å². The van der Waals surface area contributed by atoms with Crippen molar-refractivity contribution >= 4 is 21.9 Å². The normalized spacial score (nSPS) is 11.6. The lowest BCUT2D eigenvalue weighted by Gasteiger charge is -2.22. The number of hydrogen-bond donors (Lipinski definition) is 1. The number of aliphatic imine (C=N–C) groups is 1. The molecule has 0 aliphatic carbocycles. The van der Waals surface area contributed by atoms with Crippen LogP contribution in [0.4, 0.5) is 0 Å². The fourth-order valence-electron chi connectivity index (χ4n) is 3.19. The van der Waals surface area contributed by atoms with E-state index >= 15 is 0 Å². The van der Waals surface area contributed by atoms with E-state index in [0.29, 0.717) is 6.54 Å². The van der Waals surface area contributed by atoms with Crippen LogP contribution >= 0.6 is 15.9 Å². The summed E-state index contributed by atoms with van der Waals surface area (Å²) in [4.78, 5) is 11.0. The standard InChI is InChI=1S/C21H27BrN6/c1-23-21(27(3)16-19-13-18(22)15-26(19)2)25-14-20-24-10-12-28(20)11-9-17-7-5-4-6-8-17/h4-8,10,12-13,15H,9,11,14,16H2,1-3H3,(H,23,25). The van der Waals surface area contributed by atoms with E-state index in [-0.39, 0.29) is 0 Å². The number of hydrogen-bond acceptors (Lipinski definition) is 2. The number of nitrogens with one attached hydrogen (secondary N) is 1. The molecule has 0 spiro atoms. The second-order valence-corrected chi connectivity index (χ2v) is 7.71. The number of aromatic nitrogens is 3. The van der Waals surface area contributed by atoms with Gasteiger partial charge in [-0.3, -0.25) is 4.99 Å². The van der Waals surface area contributed by atoms with Crippen molar-refractivity contribution in [3.05, 3.63) is 76.5 Å². The first kappa shape index (κ1) is 20.2. The molecular formula is C21H27BrN6. The molecule has 1 N–H and O–H groups in total. The molecule has 28 heavy (non-hydrogen) atoms. The molecule has 1 aromatic carbocycles. The Kier molecular flexibility index (Phi) is 6.92. The highest BCUT2D eigenvalue weighted by Crippen LogP contribution is 2.15. The number of guanidine groups is 1. The summed E-state index contributed by atoms with van der Waals surface area (Å²) >= 11 is 3.53. The highest BCUT2D eigenvalue weighted by molar-refractivity contribution is 9.10. The number of rotatable bonds is 7. The van der Waals surface area contributed by atoms with Crippen molar-refractivity contribution < 1.29 is 0 Å². The van der Waals surface area contributed by atoms with E-state index in [1.54, 1.807) is 0 Å². The Hall–Kier alpha value is -2.54. The monoisotopic (exact) mass is 442 g/mol. The smallest absolute Gasteiger partial charge is 0.194 e. The van der Waals surface area contributed by atoms with E-state index < -0.39 is 0 Å². The number of aryl methyl sites for hydroxylation is 3. The van der Waals surface area contributed by atoms with Gasteiger partial charge in [-0.25, -0.2) is 4.98 Å². The Bertz CT molecular complexity index is 912. The summed E-state index contributed by atoms with van der Waals surface area (Å²) in [6.07, 6.45) is 6.94. The average Bonchev–Trinajstić information content (AvgIpc) is 3.27. The summed E-state index contributed by atoms with van der Waals surface area (Å²) < 4.78 is 5.40. The zero-order valence-corrected chi connectivity index (χ0v) is 18.2. The molecule has 6 nitrogen and oxygen atoms in total. The number of benzene rings is 1. The minimum absolute atomic E-state index is 0.635. The van der Waals surface area contributed by atoms with Gasteiger partial charge in [0.25, 0.3) is 0 Å². The van der Waals surface area contributed by atoms with E-state index in [2.05, 4.69) is 81.8 Å². The van der Waals surface area contributed by atoms with Gasteiger partial charge in [-0.15, -0.1) is 0 Å². The van der Waals surface area contributed by atoms with Gasteiger partial charge in [0, 0.05) is 56.4 Å². The molecule has 148 valence electrons. The van der Waals surface area contributed by atoms with E-state index in [9.17, 15) is 0 Å². The fraction of sp³-hybridized carbons (Fsp3) is 0.333. The SMILES string of the molecule is CN=C(NCc1nccn1CCc1ccccc1)N(C)Cc1cc(Br)cn1C. The van der Waals surface area contributed by atoms with Crippen molar-refractivity contribution in [2.24, 2.45) is 12.0 Å². The van der Waals surface area contributed by atoms with E-state index in [4.69, 9.17) is 0 Å². The van der Waals surface area contributed by atoms with Gasteiger partial charge >= 0.3 is 0 Å². The van der Waals surface area contributed by atoms with E-state index in [1.165, 1.54) is 11.3 Å². The molecule has 2 aromatic heterocycles. The van der Waals surface area contributed by atoms with Crippen molar-refractivity contribution in [2.75, 3.05) is 14.1 Å². The second-order valence-electron chi connectivity index (χ2n) is 6.79. The second kappa shape index (κ2) is 9.59. The first-order chi connectivity index (χ1) is 13.6. The van der Waals surface area contributed by atoms with E-state index in [1.807, 2.05) is 39.6 Å². The first-order valence-electron chi connectivity index (χ1n) is 9.33. The Morgan fingerprint density at radius 2 is 2.07 bits per heavy atom. The molecule has 0 radical (unpaired) electrons. The topological polar surface area (TPSA) is 50.4 Å². The lowest BCUT2D eigenvalue weighted by molar-refractivity contribution is 0.459. The van der Waals surface area contributed by atoms with Crippen LogP contribution in [0.25, 0.3) is 0 Å². The van der Waals surface area contributed by atoms with E-state index in [0.717, 1.165) is 35.8 Å². The van der Waals surface area contributed by atoms with Gasteiger partial charge < -0.3 is 19.4 Å². The predicted octanol–water partition coefficient (Wildman–Crippen LogP) is 3.43. The summed E-state index contributed by atoms with van der Waals surface area (Å²) in [7, 11) is 5.90. The van der Waals surface area contributed by atoms with Gasteiger partial charge in [0.15, 0.2) is 5.96 Å². The van der Waals surface area contributed by atoms with Gasteiger partial charge in [0.05, 0.1) is 13.1 Å². The maximum atomic E-state index is 4.51. The van der Waals surface area contributed by atoms with Crippen LogP contribution in [0, 0.1) is 0 Å². The van der Waals surface area contributed by atoms with Gasteiger partial charge in [0.2, 0.25) is 0 Å². The van der Waals surface area contributed by atoms with Gasteiger partial charge in [-0.2, -0.15) is 0 Å². The Morgan fingerprint density at radius 3 is 2.75 bits per heavy atom. The third-order valence-corrected chi connectivity index (χ3v) is 5.17. The minimum Gasteiger partial charge on any atom is -0.352 e. The van der Waals surface area contributed by atoms with Crippen molar-refractivity contribution in [3.8, 4) is 0 Å². The molecule has 0 aliphatic rings. The molecule has 3 aromatic rings. The Balaban J connectivity index is 1.56. The number of halogens is 1. The zero-order valence-electron chi connectivity index (χ0n) is 16.6. The molecular weight excluding hydrogens is 416 g/mol. The van der Waals surface area contributed by atoms with Crippen molar-refractivity contribution in [2.45, 2.75) is 26.1 Å². The van der Waals surface area contributed by atoms with Crippen LogP contribution in [-0.4, -0.2) is 39.1 Å². The molecule has 7 heteroatoms. The van der Waals surface area contributed by atoms with Crippen molar-refractivity contribution in [1.29, 1.82) is 0 Å². The lowest BCUT2D eigenvalue weighted by Crippen LogP contribution is -2.38. The average molecular weight is 443 g/mol. The molecule has 0 fully saturated rings. The third-order valence-electron chi connectivity index (χ3n) is 4.74. The molecule has 3 rings (SSSR count). The number of imidazole rings is 1. The summed E-state index contributed by atoms with van der Waals surface area (Å²) in [6.45, 7) is 2.31. The maximum Gasteiger partial charge on any atom is 0.194 e. The van der Waals surface area contributed by atoms with Crippen LogP contribution in [0.3, 0.4) is 0 Å². The molecule has 2 heterocycles. The Morgan fingerprint density at radius 1 is 1.29 bits per heavy atom. The van der Waals surface area contributed by atoms with Crippen LogP contribution in [0.5, 0.6) is 0 Å². The molecule has 0 atom stereocenters. The van der Waals surface area contributed by atoms with Gasteiger partial charge in [-0.1, -0.05) is 30.3 Å². The molecule has 0 amide bonds.